The Morgan fingerprint density at radius 1 is 0.655 bits per heavy atom. The Labute approximate surface area is 171 Å². The van der Waals surface area contributed by atoms with Crippen molar-refractivity contribution in [1.82, 2.24) is 0 Å². The molecular weight excluding hydrogens is 354 g/mol. The minimum Gasteiger partial charge on any atom is -0.325 e. The van der Waals surface area contributed by atoms with Gasteiger partial charge in [-0.15, -0.1) is 0 Å². The zero-order chi connectivity index (χ0) is 19.6. The smallest absolute Gasteiger partial charge is 0.228 e. The molecule has 0 radical (unpaired) electrons. The number of carbonyl (C=O) groups is 1. The second-order valence-corrected chi connectivity index (χ2v) is 7.81. The summed E-state index contributed by atoms with van der Waals surface area (Å²) in [4.78, 5) is 13.5. The van der Waals surface area contributed by atoms with Gasteiger partial charge in [0.25, 0.3) is 0 Å². The number of benzene rings is 4. The van der Waals surface area contributed by atoms with E-state index < -0.39 is 0 Å². The Bertz CT molecular complexity index is 1090. The summed E-state index contributed by atoms with van der Waals surface area (Å²) < 4.78 is 0. The maximum Gasteiger partial charge on any atom is 0.228 e. The molecule has 0 saturated heterocycles. The van der Waals surface area contributed by atoms with Gasteiger partial charge in [0.15, 0.2) is 0 Å². The third kappa shape index (κ3) is 3.31. The molecule has 142 valence electrons. The number of hydrogen-bond donors (Lipinski definition) is 1. The molecule has 4 aromatic carbocycles. The van der Waals surface area contributed by atoms with Crippen LogP contribution in [0.4, 0.5) is 5.69 Å². The summed E-state index contributed by atoms with van der Waals surface area (Å²) in [5.74, 6) is 0.529. The molecule has 1 fully saturated rings. The van der Waals surface area contributed by atoms with Crippen molar-refractivity contribution >= 4 is 22.4 Å². The number of fused-ring (bicyclic) bond motifs is 1. The lowest BCUT2D eigenvalue weighted by Crippen LogP contribution is -2.42. The van der Waals surface area contributed by atoms with E-state index in [0.29, 0.717) is 0 Å². The van der Waals surface area contributed by atoms with Crippen LogP contribution in [-0.2, 0) is 4.79 Å². The summed E-state index contributed by atoms with van der Waals surface area (Å²) in [5, 5.41) is 5.46. The molecule has 29 heavy (non-hydrogen) atoms. The fourth-order valence-corrected chi connectivity index (χ4v) is 4.65. The highest BCUT2D eigenvalue weighted by molar-refractivity contribution is 6.03. The summed E-state index contributed by atoms with van der Waals surface area (Å²) in [7, 11) is 0. The van der Waals surface area contributed by atoms with Gasteiger partial charge in [0, 0.05) is 11.1 Å². The zero-order valence-corrected chi connectivity index (χ0v) is 16.2. The van der Waals surface area contributed by atoms with Gasteiger partial charge >= 0.3 is 0 Å². The lowest BCUT2D eigenvalue weighted by Gasteiger charge is -2.44. The molecule has 1 amide bonds. The van der Waals surface area contributed by atoms with Gasteiger partial charge < -0.3 is 5.32 Å². The van der Waals surface area contributed by atoms with Gasteiger partial charge in [-0.1, -0.05) is 97.1 Å². The molecule has 1 aliphatic rings. The normalized spacial score (nSPS) is 18.9. The number of rotatable bonds is 4. The quantitative estimate of drug-likeness (QED) is 0.440. The SMILES string of the molecule is O=C(Nc1cccc2ccccc12)C1[C@@H](c2ccccc2)C[C@@H]1c1ccccc1. The molecule has 0 spiro atoms. The number of amides is 1. The second kappa shape index (κ2) is 7.56. The topological polar surface area (TPSA) is 29.1 Å². The van der Waals surface area contributed by atoms with Gasteiger partial charge in [-0.05, 0) is 40.8 Å². The van der Waals surface area contributed by atoms with Crippen LogP contribution in [0.25, 0.3) is 10.8 Å². The zero-order valence-electron chi connectivity index (χ0n) is 16.2. The molecule has 1 aliphatic carbocycles. The molecular formula is C27H23NO. The first kappa shape index (κ1) is 17.7. The number of hydrogen-bond acceptors (Lipinski definition) is 1. The highest BCUT2D eigenvalue weighted by Crippen LogP contribution is 2.53. The Morgan fingerprint density at radius 2 is 1.21 bits per heavy atom. The standard InChI is InChI=1S/C27H23NO/c29-27(28-25-17-9-15-19-14-7-8-16-22(19)25)26-23(20-10-3-1-4-11-20)18-24(26)21-12-5-2-6-13-21/h1-17,23-24,26H,18H2,(H,28,29)/t23-,24-/m1/s1. The molecule has 2 heteroatoms. The van der Waals surface area contributed by atoms with Gasteiger partial charge in [-0.25, -0.2) is 0 Å². The monoisotopic (exact) mass is 377 g/mol. The summed E-state index contributed by atoms with van der Waals surface area (Å²) in [6.45, 7) is 0. The molecule has 0 bridgehead atoms. The van der Waals surface area contributed by atoms with Crippen LogP contribution in [0, 0.1) is 5.92 Å². The second-order valence-electron chi connectivity index (χ2n) is 7.81. The Kier molecular flexibility index (Phi) is 4.61. The third-order valence-corrected chi connectivity index (χ3v) is 6.18. The highest BCUT2D eigenvalue weighted by atomic mass is 16.2. The Balaban J connectivity index is 1.48. The van der Waals surface area contributed by atoms with Crippen LogP contribution in [0.15, 0.2) is 103 Å². The molecule has 5 rings (SSSR count). The van der Waals surface area contributed by atoms with Crippen LogP contribution < -0.4 is 5.32 Å². The molecule has 0 aliphatic heterocycles. The number of anilines is 1. The van der Waals surface area contributed by atoms with E-state index in [1.807, 2.05) is 36.4 Å². The lowest BCUT2D eigenvalue weighted by atomic mass is 9.59. The Hall–Kier alpha value is -3.39. The summed E-state index contributed by atoms with van der Waals surface area (Å²) in [6.07, 6.45) is 1.00. The lowest BCUT2D eigenvalue weighted by molar-refractivity contribution is -0.124. The number of nitrogens with one attached hydrogen (secondary N) is 1. The van der Waals surface area contributed by atoms with Crippen molar-refractivity contribution in [2.45, 2.75) is 18.3 Å². The summed E-state index contributed by atoms with van der Waals surface area (Å²) in [6, 6.07) is 35.1. The van der Waals surface area contributed by atoms with E-state index in [4.69, 9.17) is 0 Å². The van der Waals surface area contributed by atoms with Crippen LogP contribution >= 0.6 is 0 Å². The van der Waals surface area contributed by atoms with Crippen LogP contribution in [0.2, 0.25) is 0 Å². The third-order valence-electron chi connectivity index (χ3n) is 6.18. The van der Waals surface area contributed by atoms with E-state index in [1.165, 1.54) is 11.1 Å². The maximum atomic E-state index is 13.5. The van der Waals surface area contributed by atoms with Gasteiger partial charge in [0.2, 0.25) is 5.91 Å². The predicted molar refractivity (Wildman–Crippen MR) is 119 cm³/mol. The molecule has 2 atom stereocenters. The molecule has 0 unspecified atom stereocenters. The molecule has 2 nitrogen and oxygen atoms in total. The van der Waals surface area contributed by atoms with Crippen LogP contribution in [0.5, 0.6) is 0 Å². The van der Waals surface area contributed by atoms with Crippen molar-refractivity contribution in [2.24, 2.45) is 5.92 Å². The summed E-state index contributed by atoms with van der Waals surface area (Å²) >= 11 is 0. The molecule has 0 aromatic heterocycles. The summed E-state index contributed by atoms with van der Waals surface area (Å²) in [5.41, 5.74) is 3.38. The largest absolute Gasteiger partial charge is 0.325 e. The van der Waals surface area contributed by atoms with Crippen molar-refractivity contribution in [2.75, 3.05) is 5.32 Å². The van der Waals surface area contributed by atoms with E-state index in [0.717, 1.165) is 22.9 Å². The van der Waals surface area contributed by atoms with Crippen molar-refractivity contribution in [3.05, 3.63) is 114 Å². The minimum absolute atomic E-state index is 0.0706. The van der Waals surface area contributed by atoms with Crippen molar-refractivity contribution in [3.8, 4) is 0 Å². The van der Waals surface area contributed by atoms with Gasteiger partial charge in [-0.3, -0.25) is 4.79 Å². The van der Waals surface area contributed by atoms with E-state index >= 15 is 0 Å². The average Bonchev–Trinajstić information content (AvgIpc) is 2.75. The molecule has 1 N–H and O–H groups in total. The first-order valence-electron chi connectivity index (χ1n) is 10.2. The van der Waals surface area contributed by atoms with Crippen LogP contribution in [0.1, 0.15) is 29.4 Å². The van der Waals surface area contributed by atoms with Crippen LogP contribution in [0.3, 0.4) is 0 Å². The molecule has 4 aromatic rings. The predicted octanol–water partition coefficient (Wildman–Crippen LogP) is 6.37. The highest BCUT2D eigenvalue weighted by Gasteiger charge is 2.46. The molecule has 1 saturated carbocycles. The minimum atomic E-state index is -0.0706. The average molecular weight is 377 g/mol. The van der Waals surface area contributed by atoms with Crippen molar-refractivity contribution in [3.63, 3.8) is 0 Å². The van der Waals surface area contributed by atoms with Crippen molar-refractivity contribution in [1.29, 1.82) is 0 Å². The van der Waals surface area contributed by atoms with E-state index in [2.05, 4.69) is 72.0 Å². The van der Waals surface area contributed by atoms with Gasteiger partial charge in [0.1, 0.15) is 0 Å². The first-order valence-corrected chi connectivity index (χ1v) is 10.2. The Morgan fingerprint density at radius 3 is 1.86 bits per heavy atom. The number of carbonyl (C=O) groups excluding carboxylic acids is 1. The first-order chi connectivity index (χ1) is 14.3. The fraction of sp³-hybridized carbons (Fsp3) is 0.148. The van der Waals surface area contributed by atoms with Crippen LogP contribution in [-0.4, -0.2) is 5.91 Å². The van der Waals surface area contributed by atoms with Gasteiger partial charge in [0.05, 0.1) is 5.92 Å². The molecule has 0 heterocycles. The van der Waals surface area contributed by atoms with Crippen molar-refractivity contribution < 1.29 is 4.79 Å². The van der Waals surface area contributed by atoms with Gasteiger partial charge in [-0.2, -0.15) is 0 Å². The fourth-order valence-electron chi connectivity index (χ4n) is 4.65. The van der Waals surface area contributed by atoms with E-state index in [9.17, 15) is 4.79 Å². The van der Waals surface area contributed by atoms with E-state index in [-0.39, 0.29) is 23.7 Å². The van der Waals surface area contributed by atoms with E-state index in [1.54, 1.807) is 0 Å². The maximum absolute atomic E-state index is 13.5.